The fraction of sp³-hybridized carbons (Fsp3) is 0.200. The number of aromatic nitrogens is 2. The minimum Gasteiger partial charge on any atom is -0.462 e. The predicted molar refractivity (Wildman–Crippen MR) is 107 cm³/mol. The van der Waals surface area contributed by atoms with E-state index in [1.54, 1.807) is 19.9 Å². The standard InChI is InChI=1S/C20H19N3O4S/c1-3-27-20(26)18-13(2)11-16(28-18)21-19(25)15-9-10-17(24)23(22-15)12-14-7-5-4-6-8-14/h4-11H,3,12H2,1-2H3,(H,21,25). The molecule has 8 heteroatoms. The first-order valence-corrected chi connectivity index (χ1v) is 9.50. The van der Waals surface area contributed by atoms with E-state index in [1.165, 1.54) is 16.8 Å². The molecule has 7 nitrogen and oxygen atoms in total. The third-order valence-corrected chi connectivity index (χ3v) is 5.02. The van der Waals surface area contributed by atoms with Crippen LogP contribution in [0.2, 0.25) is 0 Å². The van der Waals surface area contributed by atoms with E-state index in [0.717, 1.165) is 22.5 Å². The van der Waals surface area contributed by atoms with Crippen molar-refractivity contribution < 1.29 is 14.3 Å². The van der Waals surface area contributed by atoms with Gasteiger partial charge in [-0.1, -0.05) is 30.3 Å². The summed E-state index contributed by atoms with van der Waals surface area (Å²) in [7, 11) is 0. The molecule has 0 fully saturated rings. The smallest absolute Gasteiger partial charge is 0.348 e. The molecule has 0 aliphatic carbocycles. The Morgan fingerprint density at radius 3 is 2.64 bits per heavy atom. The number of amides is 1. The van der Waals surface area contributed by atoms with Gasteiger partial charge in [-0.25, -0.2) is 9.48 Å². The van der Waals surface area contributed by atoms with Gasteiger partial charge in [0, 0.05) is 6.07 Å². The van der Waals surface area contributed by atoms with Crippen molar-refractivity contribution in [3.05, 3.63) is 80.6 Å². The lowest BCUT2D eigenvalue weighted by atomic mass is 10.2. The molecule has 2 aromatic heterocycles. The molecule has 0 spiro atoms. The average molecular weight is 397 g/mol. The fourth-order valence-electron chi connectivity index (χ4n) is 2.56. The van der Waals surface area contributed by atoms with Gasteiger partial charge in [-0.05, 0) is 37.1 Å². The largest absolute Gasteiger partial charge is 0.462 e. The molecular weight excluding hydrogens is 378 g/mol. The normalized spacial score (nSPS) is 10.5. The van der Waals surface area contributed by atoms with Gasteiger partial charge in [-0.15, -0.1) is 11.3 Å². The van der Waals surface area contributed by atoms with E-state index >= 15 is 0 Å². The van der Waals surface area contributed by atoms with Crippen LogP contribution >= 0.6 is 11.3 Å². The summed E-state index contributed by atoms with van der Waals surface area (Å²) in [5, 5.41) is 7.39. The van der Waals surface area contributed by atoms with Crippen molar-refractivity contribution in [2.75, 3.05) is 11.9 Å². The molecule has 3 aromatic rings. The quantitative estimate of drug-likeness (QED) is 0.646. The van der Waals surface area contributed by atoms with Crippen LogP contribution in [0.4, 0.5) is 5.00 Å². The minimum atomic E-state index is -0.460. The van der Waals surface area contributed by atoms with Crippen molar-refractivity contribution in [3.63, 3.8) is 0 Å². The molecule has 1 aromatic carbocycles. The molecule has 0 saturated heterocycles. The average Bonchev–Trinajstić information content (AvgIpc) is 3.04. The van der Waals surface area contributed by atoms with E-state index in [-0.39, 0.29) is 24.4 Å². The topological polar surface area (TPSA) is 90.3 Å². The molecule has 1 N–H and O–H groups in total. The van der Waals surface area contributed by atoms with E-state index in [9.17, 15) is 14.4 Å². The number of anilines is 1. The zero-order valence-corrected chi connectivity index (χ0v) is 16.3. The van der Waals surface area contributed by atoms with Crippen LogP contribution in [0, 0.1) is 6.92 Å². The second-order valence-electron chi connectivity index (χ2n) is 6.00. The van der Waals surface area contributed by atoms with Crippen LogP contribution in [-0.4, -0.2) is 28.3 Å². The molecule has 1 amide bonds. The van der Waals surface area contributed by atoms with Crippen LogP contribution in [0.1, 0.15) is 38.2 Å². The summed E-state index contributed by atoms with van der Waals surface area (Å²) in [6.07, 6.45) is 0. The SMILES string of the molecule is CCOC(=O)c1sc(NC(=O)c2ccc(=O)n(Cc3ccccc3)n2)cc1C. The number of carbonyl (C=O) groups excluding carboxylic acids is 2. The van der Waals surface area contributed by atoms with Gasteiger partial charge in [-0.2, -0.15) is 5.10 Å². The first-order chi connectivity index (χ1) is 13.5. The van der Waals surface area contributed by atoms with Crippen molar-refractivity contribution in [3.8, 4) is 0 Å². The highest BCUT2D eigenvalue weighted by Gasteiger charge is 2.17. The van der Waals surface area contributed by atoms with Crippen molar-refractivity contribution in [2.45, 2.75) is 20.4 Å². The number of rotatable bonds is 6. The Labute approximate surface area is 165 Å². The third-order valence-electron chi connectivity index (χ3n) is 3.89. The number of esters is 1. The van der Waals surface area contributed by atoms with E-state index < -0.39 is 11.9 Å². The van der Waals surface area contributed by atoms with Crippen LogP contribution in [0.15, 0.2) is 53.3 Å². The summed E-state index contributed by atoms with van der Waals surface area (Å²) in [6, 6.07) is 13.8. The Morgan fingerprint density at radius 1 is 1.18 bits per heavy atom. The molecule has 0 radical (unpaired) electrons. The van der Waals surface area contributed by atoms with E-state index in [1.807, 2.05) is 30.3 Å². The highest BCUT2D eigenvalue weighted by atomic mass is 32.1. The van der Waals surface area contributed by atoms with Crippen LogP contribution in [0.5, 0.6) is 0 Å². The minimum absolute atomic E-state index is 0.110. The molecule has 0 aliphatic heterocycles. The van der Waals surface area contributed by atoms with E-state index in [4.69, 9.17) is 4.74 Å². The van der Waals surface area contributed by atoms with Crippen LogP contribution in [0.3, 0.4) is 0 Å². The van der Waals surface area contributed by atoms with Crippen molar-refractivity contribution in [2.24, 2.45) is 0 Å². The Hall–Kier alpha value is -3.26. The Balaban J connectivity index is 1.78. The van der Waals surface area contributed by atoms with Crippen molar-refractivity contribution in [1.29, 1.82) is 0 Å². The summed E-state index contributed by atoms with van der Waals surface area (Å²) in [4.78, 5) is 37.0. The third kappa shape index (κ3) is 4.52. The molecule has 28 heavy (non-hydrogen) atoms. The van der Waals surface area contributed by atoms with Crippen LogP contribution in [-0.2, 0) is 11.3 Å². The molecule has 144 valence electrons. The number of thiophene rings is 1. The number of hydrogen-bond acceptors (Lipinski definition) is 6. The highest BCUT2D eigenvalue weighted by molar-refractivity contribution is 7.18. The summed E-state index contributed by atoms with van der Waals surface area (Å²) in [5.74, 6) is -0.876. The molecule has 0 aliphatic rings. The summed E-state index contributed by atoms with van der Waals surface area (Å²) in [5.41, 5.74) is 1.44. The van der Waals surface area contributed by atoms with Gasteiger partial charge in [0.15, 0.2) is 0 Å². The molecule has 0 bridgehead atoms. The van der Waals surface area contributed by atoms with Crippen LogP contribution in [0.25, 0.3) is 0 Å². The van der Waals surface area contributed by atoms with Gasteiger partial charge < -0.3 is 10.1 Å². The molecule has 2 heterocycles. The zero-order chi connectivity index (χ0) is 20.1. The second kappa shape index (κ2) is 8.62. The maximum Gasteiger partial charge on any atom is 0.348 e. The highest BCUT2D eigenvalue weighted by Crippen LogP contribution is 2.27. The van der Waals surface area contributed by atoms with Gasteiger partial charge >= 0.3 is 5.97 Å². The molecule has 0 unspecified atom stereocenters. The monoisotopic (exact) mass is 397 g/mol. The van der Waals surface area contributed by atoms with E-state index in [0.29, 0.717) is 9.88 Å². The zero-order valence-electron chi connectivity index (χ0n) is 15.5. The Morgan fingerprint density at radius 2 is 1.93 bits per heavy atom. The number of carbonyl (C=O) groups is 2. The van der Waals surface area contributed by atoms with Gasteiger partial charge in [0.2, 0.25) is 0 Å². The predicted octanol–water partition coefficient (Wildman–Crippen LogP) is 3.09. The fourth-order valence-corrected chi connectivity index (χ4v) is 3.52. The van der Waals surface area contributed by atoms with Gasteiger partial charge in [-0.3, -0.25) is 9.59 Å². The number of ether oxygens (including phenoxy) is 1. The summed E-state index contributed by atoms with van der Waals surface area (Å²) >= 11 is 1.14. The van der Waals surface area contributed by atoms with Gasteiger partial charge in [0.1, 0.15) is 10.6 Å². The lowest BCUT2D eigenvalue weighted by molar-refractivity contribution is 0.0531. The maximum absolute atomic E-state index is 12.5. The number of benzene rings is 1. The Bertz CT molecular complexity index is 1060. The van der Waals surface area contributed by atoms with Gasteiger partial charge in [0.05, 0.1) is 18.2 Å². The van der Waals surface area contributed by atoms with Crippen molar-refractivity contribution >= 4 is 28.2 Å². The lowest BCUT2D eigenvalue weighted by Gasteiger charge is -2.07. The molecule has 0 saturated carbocycles. The van der Waals surface area contributed by atoms with Crippen molar-refractivity contribution in [1.82, 2.24) is 9.78 Å². The number of aryl methyl sites for hydroxylation is 1. The Kier molecular flexibility index (Phi) is 6.00. The first-order valence-electron chi connectivity index (χ1n) is 8.69. The lowest BCUT2D eigenvalue weighted by Crippen LogP contribution is -2.26. The summed E-state index contributed by atoms with van der Waals surface area (Å²) < 4.78 is 6.25. The molecular formula is C20H19N3O4S. The van der Waals surface area contributed by atoms with Crippen LogP contribution < -0.4 is 10.9 Å². The number of nitrogens with one attached hydrogen (secondary N) is 1. The van der Waals surface area contributed by atoms with Gasteiger partial charge in [0.25, 0.3) is 11.5 Å². The molecule has 0 atom stereocenters. The number of hydrogen-bond donors (Lipinski definition) is 1. The summed E-state index contributed by atoms with van der Waals surface area (Å²) in [6.45, 7) is 4.06. The second-order valence-corrected chi connectivity index (χ2v) is 7.05. The molecule has 3 rings (SSSR count). The van der Waals surface area contributed by atoms with E-state index in [2.05, 4.69) is 10.4 Å². The maximum atomic E-state index is 12.5. The first kappa shape index (κ1) is 19.5. The number of nitrogens with zero attached hydrogens (tertiary/aromatic N) is 2.